The predicted molar refractivity (Wildman–Crippen MR) is 65.5 cm³/mol. The second-order valence-electron chi connectivity index (χ2n) is 4.01. The second-order valence-corrected chi connectivity index (χ2v) is 4.01. The smallest absolute Gasteiger partial charge is 0.256 e. The van der Waals surface area contributed by atoms with Crippen molar-refractivity contribution in [2.24, 2.45) is 11.0 Å². The van der Waals surface area contributed by atoms with Gasteiger partial charge in [-0.05, 0) is 31.5 Å². The summed E-state index contributed by atoms with van der Waals surface area (Å²) in [6.45, 7) is 3.83. The van der Waals surface area contributed by atoms with Crippen LogP contribution in [0.2, 0.25) is 0 Å². The first-order valence-corrected chi connectivity index (χ1v) is 5.56. The van der Waals surface area contributed by atoms with Gasteiger partial charge in [0.1, 0.15) is 0 Å². The lowest BCUT2D eigenvalue weighted by Gasteiger charge is -2.13. The summed E-state index contributed by atoms with van der Waals surface area (Å²) in [5, 5.41) is 14.5. The highest BCUT2D eigenvalue weighted by Gasteiger charge is 2.32. The summed E-state index contributed by atoms with van der Waals surface area (Å²) < 4.78 is 0. The van der Waals surface area contributed by atoms with Crippen LogP contribution in [0.4, 0.5) is 5.69 Å². The second kappa shape index (κ2) is 4.38. The maximum atomic E-state index is 12.1. The summed E-state index contributed by atoms with van der Waals surface area (Å²) in [4.78, 5) is 12.1. The van der Waals surface area contributed by atoms with Crippen LogP contribution in [0.1, 0.15) is 25.8 Å². The van der Waals surface area contributed by atoms with Crippen molar-refractivity contribution in [3.8, 4) is 6.07 Å². The Labute approximate surface area is 100 Å². The van der Waals surface area contributed by atoms with E-state index in [2.05, 4.69) is 11.2 Å². The van der Waals surface area contributed by atoms with Crippen LogP contribution in [0.15, 0.2) is 29.4 Å². The molecule has 0 bridgehead atoms. The Morgan fingerprint density at radius 2 is 2.29 bits per heavy atom. The van der Waals surface area contributed by atoms with Gasteiger partial charge in [0.2, 0.25) is 0 Å². The van der Waals surface area contributed by atoms with E-state index in [9.17, 15) is 4.79 Å². The molecule has 1 aromatic rings. The molecule has 1 amide bonds. The molecule has 0 fully saturated rings. The number of carbonyl (C=O) groups is 1. The van der Waals surface area contributed by atoms with Gasteiger partial charge in [-0.15, -0.1) is 0 Å². The van der Waals surface area contributed by atoms with Gasteiger partial charge in [-0.25, -0.2) is 5.01 Å². The minimum Gasteiger partial charge on any atom is -0.272 e. The number of carbonyl (C=O) groups excluding carboxylic acids is 1. The van der Waals surface area contributed by atoms with Gasteiger partial charge in [-0.1, -0.05) is 13.0 Å². The molecule has 0 saturated heterocycles. The Balaban J connectivity index is 2.36. The van der Waals surface area contributed by atoms with Crippen molar-refractivity contribution >= 4 is 17.3 Å². The molecule has 0 saturated carbocycles. The molecule has 86 valence electrons. The molecule has 1 heterocycles. The van der Waals surface area contributed by atoms with E-state index in [4.69, 9.17) is 5.26 Å². The van der Waals surface area contributed by atoms with E-state index in [1.807, 2.05) is 13.8 Å². The van der Waals surface area contributed by atoms with E-state index < -0.39 is 0 Å². The highest BCUT2D eigenvalue weighted by Crippen LogP contribution is 2.25. The average Bonchev–Trinajstić information content (AvgIpc) is 2.64. The van der Waals surface area contributed by atoms with Gasteiger partial charge in [0.05, 0.1) is 23.2 Å². The van der Waals surface area contributed by atoms with Crippen molar-refractivity contribution in [2.75, 3.05) is 5.01 Å². The normalized spacial score (nSPS) is 19.1. The fourth-order valence-corrected chi connectivity index (χ4v) is 1.97. The zero-order valence-electron chi connectivity index (χ0n) is 9.84. The molecule has 4 heteroatoms. The highest BCUT2D eigenvalue weighted by molar-refractivity contribution is 6.14. The van der Waals surface area contributed by atoms with Crippen LogP contribution in [0, 0.1) is 17.2 Å². The number of nitrogens with zero attached hydrogens (tertiary/aromatic N) is 3. The zero-order valence-corrected chi connectivity index (χ0v) is 9.84. The first kappa shape index (κ1) is 11.3. The van der Waals surface area contributed by atoms with E-state index >= 15 is 0 Å². The molecule has 0 aliphatic carbocycles. The summed E-state index contributed by atoms with van der Waals surface area (Å²) in [7, 11) is 0. The maximum Gasteiger partial charge on any atom is 0.256 e. The summed E-state index contributed by atoms with van der Waals surface area (Å²) in [5.41, 5.74) is 2.02. The topological polar surface area (TPSA) is 56.5 Å². The van der Waals surface area contributed by atoms with Crippen molar-refractivity contribution in [3.05, 3.63) is 29.8 Å². The maximum absolute atomic E-state index is 12.1. The van der Waals surface area contributed by atoms with Crippen LogP contribution < -0.4 is 5.01 Å². The van der Waals surface area contributed by atoms with E-state index in [1.54, 1.807) is 24.3 Å². The lowest BCUT2D eigenvalue weighted by atomic mass is 10.0. The molecule has 1 unspecified atom stereocenters. The minimum absolute atomic E-state index is 0.0138. The Bertz CT molecular complexity index is 528. The van der Waals surface area contributed by atoms with Crippen LogP contribution >= 0.6 is 0 Å². The van der Waals surface area contributed by atoms with Crippen molar-refractivity contribution in [2.45, 2.75) is 20.3 Å². The molecule has 1 atom stereocenters. The predicted octanol–water partition coefficient (Wildman–Crippen LogP) is 2.31. The molecule has 1 aliphatic rings. The quantitative estimate of drug-likeness (QED) is 0.778. The average molecular weight is 227 g/mol. The number of hydrogen-bond donors (Lipinski definition) is 0. The zero-order chi connectivity index (χ0) is 12.4. The lowest BCUT2D eigenvalue weighted by Crippen LogP contribution is -2.26. The number of amides is 1. The summed E-state index contributed by atoms with van der Waals surface area (Å²) in [6.07, 6.45) is 0.753. The van der Waals surface area contributed by atoms with Crippen LogP contribution in [0.25, 0.3) is 0 Å². The SMILES string of the molecule is CCC1C(=O)N(c2cccc(C#N)c2)N=C1C. The van der Waals surface area contributed by atoms with Gasteiger partial charge < -0.3 is 0 Å². The Morgan fingerprint density at radius 3 is 2.88 bits per heavy atom. The van der Waals surface area contributed by atoms with Gasteiger partial charge in [0.15, 0.2) is 0 Å². The first-order valence-electron chi connectivity index (χ1n) is 5.56. The molecule has 4 nitrogen and oxygen atoms in total. The molecule has 2 rings (SSSR count). The molecule has 0 spiro atoms. The largest absolute Gasteiger partial charge is 0.272 e. The third-order valence-corrected chi connectivity index (χ3v) is 2.90. The number of benzene rings is 1. The first-order chi connectivity index (χ1) is 8.17. The fraction of sp³-hybridized carbons (Fsp3) is 0.308. The third-order valence-electron chi connectivity index (χ3n) is 2.90. The Morgan fingerprint density at radius 1 is 1.53 bits per heavy atom. The van der Waals surface area contributed by atoms with Gasteiger partial charge in [0, 0.05) is 5.71 Å². The number of anilines is 1. The number of hydrogen-bond acceptors (Lipinski definition) is 3. The summed E-state index contributed by atoms with van der Waals surface area (Å²) in [5.74, 6) is -0.138. The Kier molecular flexibility index (Phi) is 2.92. The standard InChI is InChI=1S/C13H13N3O/c1-3-12-9(2)15-16(13(12)17)11-6-4-5-10(7-11)8-14/h4-7,12H,3H2,1-2H3. The van der Waals surface area contributed by atoms with Gasteiger partial charge >= 0.3 is 0 Å². The number of hydrazone groups is 1. The number of nitriles is 1. The summed E-state index contributed by atoms with van der Waals surface area (Å²) in [6, 6.07) is 8.98. The van der Waals surface area contributed by atoms with Gasteiger partial charge in [-0.2, -0.15) is 10.4 Å². The van der Waals surface area contributed by atoms with Crippen molar-refractivity contribution in [1.29, 1.82) is 5.26 Å². The van der Waals surface area contributed by atoms with Gasteiger partial charge in [-0.3, -0.25) is 4.79 Å². The molecular weight excluding hydrogens is 214 g/mol. The molecule has 0 radical (unpaired) electrons. The number of rotatable bonds is 2. The lowest BCUT2D eigenvalue weighted by molar-refractivity contribution is -0.119. The molecule has 0 N–H and O–H groups in total. The van der Waals surface area contributed by atoms with E-state index in [-0.39, 0.29) is 11.8 Å². The molecule has 1 aromatic carbocycles. The Hall–Kier alpha value is -2.15. The third kappa shape index (κ3) is 1.92. The van der Waals surface area contributed by atoms with Crippen LogP contribution in [-0.2, 0) is 4.79 Å². The van der Waals surface area contributed by atoms with Crippen molar-refractivity contribution in [3.63, 3.8) is 0 Å². The molecule has 0 aromatic heterocycles. The van der Waals surface area contributed by atoms with Crippen molar-refractivity contribution in [1.82, 2.24) is 0 Å². The minimum atomic E-state index is -0.124. The van der Waals surface area contributed by atoms with Crippen LogP contribution in [-0.4, -0.2) is 11.6 Å². The monoisotopic (exact) mass is 227 g/mol. The van der Waals surface area contributed by atoms with Crippen LogP contribution in [0.3, 0.4) is 0 Å². The highest BCUT2D eigenvalue weighted by atomic mass is 16.2. The summed E-state index contributed by atoms with van der Waals surface area (Å²) >= 11 is 0. The van der Waals surface area contributed by atoms with Crippen molar-refractivity contribution < 1.29 is 4.79 Å². The van der Waals surface area contributed by atoms with Crippen LogP contribution in [0.5, 0.6) is 0 Å². The van der Waals surface area contributed by atoms with E-state index in [0.717, 1.165) is 12.1 Å². The molecular formula is C13H13N3O. The molecule has 1 aliphatic heterocycles. The molecule has 17 heavy (non-hydrogen) atoms. The fourth-order valence-electron chi connectivity index (χ4n) is 1.97. The van der Waals surface area contributed by atoms with E-state index in [1.165, 1.54) is 5.01 Å². The van der Waals surface area contributed by atoms with E-state index in [0.29, 0.717) is 11.3 Å². The van der Waals surface area contributed by atoms with Gasteiger partial charge in [0.25, 0.3) is 5.91 Å².